The molecule has 1 atom stereocenters. The summed E-state index contributed by atoms with van der Waals surface area (Å²) in [5.41, 5.74) is -1.12. The molecule has 1 saturated heterocycles. The van der Waals surface area contributed by atoms with Crippen molar-refractivity contribution in [2.45, 2.75) is 18.4 Å². The van der Waals surface area contributed by atoms with Gasteiger partial charge in [0, 0.05) is 17.2 Å². The van der Waals surface area contributed by atoms with Crippen molar-refractivity contribution in [3.05, 3.63) is 22.4 Å². The van der Waals surface area contributed by atoms with Crippen molar-refractivity contribution in [1.29, 1.82) is 0 Å². The van der Waals surface area contributed by atoms with Gasteiger partial charge in [-0.25, -0.2) is 0 Å². The molecule has 2 heterocycles. The first kappa shape index (κ1) is 12.0. The zero-order chi connectivity index (χ0) is 11.4. The molecule has 1 aliphatic rings. The number of thioether (sulfide) groups is 1. The molecule has 2 N–H and O–H groups in total. The molecule has 1 unspecified atom stereocenters. The fraction of sp³-hybridized carbons (Fsp3) is 0.545. The number of carbonyl (C=O) groups excluding carboxylic acids is 1. The monoisotopic (exact) mass is 257 g/mol. The highest BCUT2D eigenvalue weighted by molar-refractivity contribution is 7.99. The summed E-state index contributed by atoms with van der Waals surface area (Å²) in [6, 6.07) is 4.06. The van der Waals surface area contributed by atoms with Gasteiger partial charge in [0.15, 0.2) is 5.60 Å². The number of carbonyl (C=O) groups is 1. The zero-order valence-electron chi connectivity index (χ0n) is 8.94. The van der Waals surface area contributed by atoms with Crippen LogP contribution in [0.3, 0.4) is 0 Å². The van der Waals surface area contributed by atoms with Crippen molar-refractivity contribution in [2.75, 3.05) is 18.1 Å². The van der Waals surface area contributed by atoms with Gasteiger partial charge in [-0.15, -0.1) is 11.3 Å². The molecule has 0 bridgehead atoms. The van der Waals surface area contributed by atoms with E-state index in [4.69, 9.17) is 0 Å². The lowest BCUT2D eigenvalue weighted by atomic mass is 10.0. The summed E-state index contributed by atoms with van der Waals surface area (Å²) in [4.78, 5) is 13.0. The van der Waals surface area contributed by atoms with E-state index in [0.29, 0.717) is 18.7 Å². The van der Waals surface area contributed by atoms with Gasteiger partial charge in [-0.1, -0.05) is 6.07 Å². The van der Waals surface area contributed by atoms with Gasteiger partial charge in [0.1, 0.15) is 0 Å². The van der Waals surface area contributed by atoms with Crippen LogP contribution < -0.4 is 5.32 Å². The third-order valence-corrected chi connectivity index (χ3v) is 4.77. The van der Waals surface area contributed by atoms with E-state index in [1.165, 1.54) is 4.88 Å². The molecule has 2 rings (SSSR count). The molecule has 16 heavy (non-hydrogen) atoms. The summed E-state index contributed by atoms with van der Waals surface area (Å²) < 4.78 is 0. The van der Waals surface area contributed by atoms with Crippen LogP contribution in [-0.4, -0.2) is 34.7 Å². The van der Waals surface area contributed by atoms with Crippen LogP contribution >= 0.6 is 23.1 Å². The van der Waals surface area contributed by atoms with E-state index in [9.17, 15) is 9.90 Å². The fourth-order valence-electron chi connectivity index (χ4n) is 1.65. The van der Waals surface area contributed by atoms with Crippen LogP contribution in [0.15, 0.2) is 17.5 Å². The molecule has 1 fully saturated rings. The van der Waals surface area contributed by atoms with Crippen molar-refractivity contribution in [3.8, 4) is 0 Å². The topological polar surface area (TPSA) is 49.3 Å². The summed E-state index contributed by atoms with van der Waals surface area (Å²) in [6.45, 7) is 0.603. The molecule has 0 aromatic carbocycles. The Balaban J connectivity index is 1.75. The van der Waals surface area contributed by atoms with E-state index >= 15 is 0 Å². The standard InChI is InChI=1S/C11H15NO2S2/c13-10(11(14)4-7-15-8-11)12-5-3-9-2-1-6-16-9/h1-2,6,14H,3-5,7-8H2,(H,12,13). The Kier molecular flexibility index (Phi) is 3.89. The highest BCUT2D eigenvalue weighted by atomic mass is 32.2. The van der Waals surface area contributed by atoms with Crippen LogP contribution in [0.4, 0.5) is 0 Å². The van der Waals surface area contributed by atoms with Crippen LogP contribution in [0.2, 0.25) is 0 Å². The predicted octanol–water partition coefficient (Wildman–Crippen LogP) is 1.27. The van der Waals surface area contributed by atoms with Gasteiger partial charge in [-0.3, -0.25) is 4.79 Å². The number of aliphatic hydroxyl groups is 1. The Morgan fingerprint density at radius 3 is 3.12 bits per heavy atom. The second-order valence-electron chi connectivity index (χ2n) is 3.92. The van der Waals surface area contributed by atoms with Crippen molar-refractivity contribution in [2.24, 2.45) is 0 Å². The molecule has 0 aliphatic carbocycles. The number of thiophene rings is 1. The maximum absolute atomic E-state index is 11.7. The number of hydrogen-bond donors (Lipinski definition) is 2. The fourth-order valence-corrected chi connectivity index (χ4v) is 3.60. The van der Waals surface area contributed by atoms with Gasteiger partial charge in [0.05, 0.1) is 0 Å². The van der Waals surface area contributed by atoms with Crippen molar-refractivity contribution in [3.63, 3.8) is 0 Å². The average molecular weight is 257 g/mol. The molecule has 3 nitrogen and oxygen atoms in total. The van der Waals surface area contributed by atoms with Gasteiger partial charge < -0.3 is 10.4 Å². The summed E-state index contributed by atoms with van der Waals surface area (Å²) in [5, 5.41) is 14.8. The Morgan fingerprint density at radius 2 is 2.50 bits per heavy atom. The molecular weight excluding hydrogens is 242 g/mol. The SMILES string of the molecule is O=C(NCCc1cccs1)C1(O)CCSC1. The highest BCUT2D eigenvalue weighted by Crippen LogP contribution is 2.27. The molecule has 0 saturated carbocycles. The molecule has 1 aromatic rings. The normalized spacial score (nSPS) is 24.6. The predicted molar refractivity (Wildman–Crippen MR) is 67.9 cm³/mol. The molecule has 1 amide bonds. The lowest BCUT2D eigenvalue weighted by Crippen LogP contribution is -2.47. The van der Waals surface area contributed by atoms with Gasteiger partial charge >= 0.3 is 0 Å². The van der Waals surface area contributed by atoms with E-state index < -0.39 is 5.60 Å². The van der Waals surface area contributed by atoms with E-state index in [2.05, 4.69) is 11.4 Å². The highest BCUT2D eigenvalue weighted by Gasteiger charge is 2.39. The lowest BCUT2D eigenvalue weighted by Gasteiger charge is -2.19. The van der Waals surface area contributed by atoms with Crippen molar-refractivity contribution < 1.29 is 9.90 Å². The molecule has 1 aromatic heterocycles. The maximum atomic E-state index is 11.7. The molecule has 88 valence electrons. The second kappa shape index (κ2) is 5.21. The molecule has 0 radical (unpaired) electrons. The first-order valence-corrected chi connectivity index (χ1v) is 7.35. The number of nitrogens with one attached hydrogen (secondary N) is 1. The van der Waals surface area contributed by atoms with E-state index in [-0.39, 0.29) is 5.91 Å². The molecular formula is C11H15NO2S2. The van der Waals surface area contributed by atoms with E-state index in [1.54, 1.807) is 23.1 Å². The van der Waals surface area contributed by atoms with Crippen LogP contribution in [-0.2, 0) is 11.2 Å². The third kappa shape index (κ3) is 2.78. The maximum Gasteiger partial charge on any atom is 0.252 e. The minimum atomic E-state index is -1.12. The van der Waals surface area contributed by atoms with E-state index in [0.717, 1.165) is 12.2 Å². The van der Waals surface area contributed by atoms with Crippen molar-refractivity contribution in [1.82, 2.24) is 5.32 Å². The van der Waals surface area contributed by atoms with E-state index in [1.807, 2.05) is 11.4 Å². The first-order valence-electron chi connectivity index (χ1n) is 5.31. The van der Waals surface area contributed by atoms with Crippen molar-refractivity contribution >= 4 is 29.0 Å². The summed E-state index contributed by atoms with van der Waals surface area (Å²) >= 11 is 3.32. The minimum absolute atomic E-state index is 0.214. The average Bonchev–Trinajstić information content (AvgIpc) is 2.90. The zero-order valence-corrected chi connectivity index (χ0v) is 10.6. The Bertz CT molecular complexity index is 345. The van der Waals surface area contributed by atoms with Crippen LogP contribution in [0.25, 0.3) is 0 Å². The Hall–Kier alpha value is -0.520. The smallest absolute Gasteiger partial charge is 0.252 e. The third-order valence-electron chi connectivity index (χ3n) is 2.66. The molecule has 1 aliphatic heterocycles. The number of rotatable bonds is 4. The number of hydrogen-bond acceptors (Lipinski definition) is 4. The summed E-state index contributed by atoms with van der Waals surface area (Å²) in [6.07, 6.45) is 1.41. The van der Waals surface area contributed by atoms with Crippen LogP contribution in [0.1, 0.15) is 11.3 Å². The Labute approximate surface area is 103 Å². The van der Waals surface area contributed by atoms with Gasteiger partial charge in [-0.05, 0) is 30.0 Å². The van der Waals surface area contributed by atoms with Crippen LogP contribution in [0.5, 0.6) is 0 Å². The largest absolute Gasteiger partial charge is 0.379 e. The first-order chi connectivity index (χ1) is 7.71. The van der Waals surface area contributed by atoms with Crippen LogP contribution in [0, 0.1) is 0 Å². The number of amides is 1. The van der Waals surface area contributed by atoms with Gasteiger partial charge in [0.2, 0.25) is 0 Å². The lowest BCUT2D eigenvalue weighted by molar-refractivity contribution is -0.137. The summed E-state index contributed by atoms with van der Waals surface area (Å²) in [7, 11) is 0. The Morgan fingerprint density at radius 1 is 1.62 bits per heavy atom. The van der Waals surface area contributed by atoms with Gasteiger partial charge in [0.25, 0.3) is 5.91 Å². The van der Waals surface area contributed by atoms with Gasteiger partial charge in [-0.2, -0.15) is 11.8 Å². The second-order valence-corrected chi connectivity index (χ2v) is 6.06. The summed E-state index contributed by atoms with van der Waals surface area (Å²) in [5.74, 6) is 1.18. The molecule has 0 spiro atoms. The quantitative estimate of drug-likeness (QED) is 0.854. The minimum Gasteiger partial charge on any atom is -0.379 e. The molecule has 5 heteroatoms.